The van der Waals surface area contributed by atoms with Crippen molar-refractivity contribution in [1.82, 2.24) is 30.4 Å². The van der Waals surface area contributed by atoms with Crippen molar-refractivity contribution in [2.75, 3.05) is 23.8 Å². The predicted molar refractivity (Wildman–Crippen MR) is 174 cm³/mol. The number of hydrogen-bond donors (Lipinski definition) is 5. The van der Waals surface area contributed by atoms with Crippen LogP contribution in [0.25, 0.3) is 11.6 Å². The number of carbonyl (C=O) groups excluding carboxylic acids is 4. The Morgan fingerprint density at radius 2 is 2.06 bits per heavy atom. The number of carboxylic acids is 1. The number of hydrogen-bond acceptors (Lipinski definition) is 17. The first-order valence-electron chi connectivity index (χ1n) is 14.3. The monoisotopic (exact) mass is 740 g/mol. The van der Waals surface area contributed by atoms with Crippen molar-refractivity contribution >= 4 is 69.4 Å². The van der Waals surface area contributed by atoms with Gasteiger partial charge in [-0.1, -0.05) is 16.9 Å². The number of nitrogens with one attached hydrogen (secondary N) is 2. The van der Waals surface area contributed by atoms with Gasteiger partial charge in [0.1, 0.15) is 29.4 Å². The van der Waals surface area contributed by atoms with Crippen molar-refractivity contribution in [3.63, 3.8) is 0 Å². The van der Waals surface area contributed by atoms with Crippen LogP contribution in [-0.4, -0.2) is 89.1 Å². The number of anilines is 1. The molecule has 0 aliphatic carbocycles. The van der Waals surface area contributed by atoms with Gasteiger partial charge in [-0.3, -0.25) is 24.1 Å². The fourth-order valence-corrected chi connectivity index (χ4v) is 7.24. The molecule has 6 heterocycles. The summed E-state index contributed by atoms with van der Waals surface area (Å²) in [6, 6.07) is 3.01. The summed E-state index contributed by atoms with van der Waals surface area (Å²) in [5, 5.41) is 36.9. The molecule has 1 fully saturated rings. The quantitative estimate of drug-likeness (QED) is 0.0252. The molecular weight excluding hydrogens is 717 g/mol. The van der Waals surface area contributed by atoms with Crippen LogP contribution in [0.4, 0.5) is 5.13 Å². The topological polar surface area (TPSA) is 289 Å². The van der Waals surface area contributed by atoms with Gasteiger partial charge in [-0.2, -0.15) is 0 Å². The Morgan fingerprint density at radius 1 is 1.28 bits per heavy atom. The summed E-state index contributed by atoms with van der Waals surface area (Å²) in [5.74, 6) is -3.59. The Balaban J connectivity index is 1.09. The van der Waals surface area contributed by atoms with Gasteiger partial charge in [0.05, 0.1) is 17.2 Å². The number of aromatic nitrogens is 5. The second-order valence-electron chi connectivity index (χ2n) is 10.4. The molecule has 2 aliphatic heterocycles. The number of nitrogens with two attached hydrogens (primary N) is 2. The highest BCUT2D eigenvalue weighted by atomic mass is 32.2. The number of aliphatic carboxylic acids is 1. The molecule has 0 saturated carbocycles. The van der Waals surface area contributed by atoms with E-state index in [2.05, 4.69) is 30.6 Å². The second kappa shape index (κ2) is 14.4. The Hall–Kier alpha value is -5.74. The normalized spacial score (nSPS) is 17.2. The number of amides is 3. The van der Waals surface area contributed by atoms with Crippen molar-refractivity contribution in [2.24, 2.45) is 10.9 Å². The lowest BCUT2D eigenvalue weighted by Gasteiger charge is -2.50. The zero-order valence-corrected chi connectivity index (χ0v) is 27.7. The van der Waals surface area contributed by atoms with E-state index in [0.717, 1.165) is 40.3 Å². The molecule has 4 aromatic heterocycles. The number of thioether (sulfide) groups is 2. The van der Waals surface area contributed by atoms with E-state index in [0.29, 0.717) is 5.57 Å². The summed E-state index contributed by atoms with van der Waals surface area (Å²) < 4.78 is 7.14. The minimum absolute atomic E-state index is 0.0255. The number of pyridine rings is 2. The molecule has 0 spiro atoms. The van der Waals surface area contributed by atoms with Crippen LogP contribution in [0.5, 0.6) is 5.75 Å². The number of H-pyrrole nitrogens is 1. The van der Waals surface area contributed by atoms with Crippen LogP contribution in [-0.2, 0) is 25.8 Å². The highest BCUT2D eigenvalue weighted by molar-refractivity contribution is 8.00. The minimum atomic E-state index is -1.55. The molecule has 0 aromatic carbocycles. The number of aromatic hydroxyl groups is 1. The van der Waals surface area contributed by atoms with Crippen LogP contribution in [0.1, 0.15) is 16.1 Å². The average Bonchev–Trinajstić information content (AvgIpc) is 3.75. The van der Waals surface area contributed by atoms with E-state index in [1.165, 1.54) is 29.3 Å². The SMILES string of the molecule is NC(=O)c1cc[n+](CC2=C(C(=O)[O-])N3C(=O)[C@@H](NC(=O)/C(=N\OCCSc4nnc(-c5cc(=O)c(O)c[nH]5)o4)c4csc(N)n4)[C@H]3SC2)cc1. The molecule has 50 heavy (non-hydrogen) atoms. The molecule has 4 aromatic rings. The average molecular weight is 741 g/mol. The molecule has 2 atom stereocenters. The summed E-state index contributed by atoms with van der Waals surface area (Å²) in [6.07, 6.45) is 4.23. The van der Waals surface area contributed by atoms with E-state index >= 15 is 0 Å². The number of oxime groups is 1. The van der Waals surface area contributed by atoms with E-state index in [1.807, 2.05) is 0 Å². The highest BCUT2D eigenvalue weighted by Crippen LogP contribution is 2.40. The lowest BCUT2D eigenvalue weighted by molar-refractivity contribution is -0.689. The third kappa shape index (κ3) is 7.16. The fraction of sp³-hybridized carbons (Fsp3) is 0.214. The van der Waals surface area contributed by atoms with Gasteiger partial charge in [0, 0.05) is 46.9 Å². The molecule has 2 aliphatic rings. The maximum atomic E-state index is 13.4. The third-order valence-corrected chi connectivity index (χ3v) is 9.94. The standard InChI is InChI=1S/C28H24N10O9S3/c29-21(41)12-1-3-37(4-2-12)9-13-10-49-25-19(24(43)38(25)20(13)26(44)45)33-22(42)18(15-11-50-27(30)32-15)36-46-5-6-48-28-35-34-23(47-28)14-7-16(39)17(40)8-31-14/h1-4,7-8,11,19,25H,5-6,9-10,29H2,(H5,30,32,33,41,42,44,45)/b36-18-/t19-,25-/m1/s1. The van der Waals surface area contributed by atoms with E-state index in [4.69, 9.17) is 20.7 Å². The Bertz CT molecular complexity index is 2110. The van der Waals surface area contributed by atoms with E-state index in [9.17, 15) is 34.2 Å². The summed E-state index contributed by atoms with van der Waals surface area (Å²) >= 11 is 3.42. The summed E-state index contributed by atoms with van der Waals surface area (Å²) in [4.78, 5) is 75.1. The number of β-lactam (4-membered cyclic amide) rings is 1. The molecule has 3 amide bonds. The molecule has 0 bridgehead atoms. The molecule has 6 rings (SSSR count). The van der Waals surface area contributed by atoms with Crippen LogP contribution in [0.2, 0.25) is 0 Å². The minimum Gasteiger partial charge on any atom is -0.543 e. The van der Waals surface area contributed by atoms with Crippen LogP contribution in [0.3, 0.4) is 0 Å². The first-order valence-corrected chi connectivity index (χ1v) is 17.2. The molecule has 7 N–H and O–H groups in total. The Labute approximate surface area is 292 Å². The number of primary amides is 1. The van der Waals surface area contributed by atoms with E-state index in [-0.39, 0.29) is 69.3 Å². The number of thiazole rings is 1. The van der Waals surface area contributed by atoms with Crippen molar-refractivity contribution in [1.29, 1.82) is 0 Å². The lowest BCUT2D eigenvalue weighted by Crippen LogP contribution is -2.71. The molecule has 19 nitrogen and oxygen atoms in total. The summed E-state index contributed by atoms with van der Waals surface area (Å²) in [6.45, 7) is 0.0722. The van der Waals surface area contributed by atoms with Gasteiger partial charge in [-0.05, 0) is 0 Å². The number of nitrogen functional groups attached to an aromatic ring is 1. The smallest absolute Gasteiger partial charge is 0.277 e. The second-order valence-corrected chi connectivity index (χ2v) is 13.4. The first kappa shape index (κ1) is 34.1. The van der Waals surface area contributed by atoms with Gasteiger partial charge < -0.3 is 46.0 Å². The van der Waals surface area contributed by atoms with Crippen molar-refractivity contribution in [3.05, 3.63) is 74.9 Å². The van der Waals surface area contributed by atoms with E-state index in [1.54, 1.807) is 17.0 Å². The number of rotatable bonds is 13. The van der Waals surface area contributed by atoms with E-state index < -0.39 is 46.3 Å². The third-order valence-electron chi connectivity index (χ3n) is 7.14. The first-order chi connectivity index (χ1) is 24.0. The number of carbonyl (C=O) groups is 4. The lowest BCUT2D eigenvalue weighted by atomic mass is 10.0. The van der Waals surface area contributed by atoms with Crippen LogP contribution in [0, 0.1) is 0 Å². The van der Waals surface area contributed by atoms with Crippen LogP contribution in [0.15, 0.2) is 73.0 Å². The van der Waals surface area contributed by atoms with Crippen LogP contribution < -0.4 is 31.9 Å². The fourth-order valence-electron chi connectivity index (χ4n) is 4.79. The summed E-state index contributed by atoms with van der Waals surface area (Å²) in [7, 11) is 0. The highest BCUT2D eigenvalue weighted by Gasteiger charge is 2.53. The molecule has 258 valence electrons. The Morgan fingerprint density at radius 3 is 2.74 bits per heavy atom. The van der Waals surface area contributed by atoms with Gasteiger partial charge in [0.25, 0.3) is 22.9 Å². The van der Waals surface area contributed by atoms with Gasteiger partial charge >= 0.3 is 0 Å². The molecule has 22 heteroatoms. The number of aromatic amines is 1. The zero-order valence-electron chi connectivity index (χ0n) is 25.3. The van der Waals surface area contributed by atoms with Crippen molar-refractivity contribution in [3.8, 4) is 17.3 Å². The number of carboxylic acid groups (broad SMARTS) is 1. The van der Waals surface area contributed by atoms with Gasteiger partial charge in [-0.25, -0.2) is 9.55 Å². The molecule has 1 saturated heterocycles. The largest absolute Gasteiger partial charge is 0.543 e. The maximum absolute atomic E-state index is 13.4. The zero-order chi connectivity index (χ0) is 35.5. The Kier molecular flexibility index (Phi) is 9.83. The molecular formula is C28H24N10O9S3. The number of nitrogens with zero attached hydrogens (tertiary/aromatic N) is 6. The van der Waals surface area contributed by atoms with Gasteiger partial charge in [0.15, 0.2) is 35.5 Å². The van der Waals surface area contributed by atoms with Crippen LogP contribution >= 0.6 is 34.9 Å². The van der Waals surface area contributed by atoms with Gasteiger partial charge in [0.2, 0.25) is 11.3 Å². The molecule has 0 radical (unpaired) electrons. The predicted octanol–water partition coefficient (Wildman–Crippen LogP) is -1.83. The molecule has 0 unspecified atom stereocenters. The van der Waals surface area contributed by atoms with Crippen molar-refractivity contribution in [2.45, 2.75) is 23.2 Å². The maximum Gasteiger partial charge on any atom is 0.277 e. The van der Waals surface area contributed by atoms with Gasteiger partial charge in [-0.15, -0.1) is 33.3 Å². The van der Waals surface area contributed by atoms with Crippen molar-refractivity contribution < 1.29 is 43.2 Å². The number of fused-ring (bicyclic) bond motifs is 1. The summed E-state index contributed by atoms with van der Waals surface area (Å²) in [5.41, 5.74) is 10.9.